The second kappa shape index (κ2) is 13.1. The largest absolute Gasteiger partial charge is 0.450 e. The van der Waals surface area contributed by atoms with Gasteiger partial charge in [0.25, 0.3) is 0 Å². The number of rotatable bonds is 8. The van der Waals surface area contributed by atoms with Crippen molar-refractivity contribution in [2.24, 2.45) is 10.9 Å². The van der Waals surface area contributed by atoms with Gasteiger partial charge < -0.3 is 20.7 Å². The van der Waals surface area contributed by atoms with E-state index in [1.807, 2.05) is 6.92 Å². The van der Waals surface area contributed by atoms with Crippen LogP contribution in [0.15, 0.2) is 35.3 Å². The number of nitrogens with zero attached hydrogens (tertiary/aromatic N) is 2. The van der Waals surface area contributed by atoms with Gasteiger partial charge in [-0.25, -0.2) is 4.79 Å². The van der Waals surface area contributed by atoms with Crippen molar-refractivity contribution in [1.82, 2.24) is 20.9 Å². The Morgan fingerprint density at radius 2 is 2.00 bits per heavy atom. The second-order valence-electron chi connectivity index (χ2n) is 8.43. The van der Waals surface area contributed by atoms with Crippen LogP contribution in [0.3, 0.4) is 0 Å². The molecule has 31 heavy (non-hydrogen) atoms. The lowest BCUT2D eigenvalue weighted by atomic mass is 9.97. The van der Waals surface area contributed by atoms with Crippen LogP contribution >= 0.6 is 24.0 Å². The van der Waals surface area contributed by atoms with Crippen LogP contribution in [0.5, 0.6) is 0 Å². The zero-order valence-electron chi connectivity index (χ0n) is 19.0. The van der Waals surface area contributed by atoms with Crippen LogP contribution in [-0.2, 0) is 11.3 Å². The second-order valence-corrected chi connectivity index (χ2v) is 8.43. The SMILES string of the molecule is CCOC(=O)NC(CNC(=NC)NC1CCN(Cc2ccccc2)C(C)C1)C1CC1.I. The summed E-state index contributed by atoms with van der Waals surface area (Å²) in [4.78, 5) is 18.8. The van der Waals surface area contributed by atoms with Crippen molar-refractivity contribution in [3.63, 3.8) is 0 Å². The maximum atomic E-state index is 11.8. The normalized spacial score (nSPS) is 22.7. The van der Waals surface area contributed by atoms with Crippen LogP contribution in [0.25, 0.3) is 0 Å². The quantitative estimate of drug-likeness (QED) is 0.267. The molecular weight excluding hydrogens is 505 g/mol. The Morgan fingerprint density at radius 1 is 1.26 bits per heavy atom. The number of likely N-dealkylation sites (tertiary alicyclic amines) is 1. The van der Waals surface area contributed by atoms with Gasteiger partial charge in [-0.05, 0) is 51.0 Å². The molecule has 1 saturated carbocycles. The molecule has 1 aliphatic carbocycles. The van der Waals surface area contributed by atoms with E-state index in [2.05, 4.69) is 63.1 Å². The van der Waals surface area contributed by atoms with Crippen LogP contribution in [0.2, 0.25) is 0 Å². The highest BCUT2D eigenvalue weighted by Crippen LogP contribution is 2.32. The lowest BCUT2D eigenvalue weighted by molar-refractivity contribution is 0.134. The first-order valence-electron chi connectivity index (χ1n) is 11.3. The van der Waals surface area contributed by atoms with Gasteiger partial charge >= 0.3 is 6.09 Å². The predicted molar refractivity (Wildman–Crippen MR) is 136 cm³/mol. The first-order chi connectivity index (χ1) is 14.6. The molecule has 0 aromatic heterocycles. The number of benzene rings is 1. The Morgan fingerprint density at radius 3 is 2.61 bits per heavy atom. The molecule has 3 N–H and O–H groups in total. The standard InChI is InChI=1S/C23H37N5O2.HI/c1-4-30-23(29)27-21(19-10-11-19)15-25-22(24-3)26-20-12-13-28(17(2)14-20)16-18-8-6-5-7-9-18;/h5-9,17,19-21H,4,10-16H2,1-3H3,(H,27,29)(H2,24,25,26);1H. The zero-order chi connectivity index (χ0) is 21.3. The summed E-state index contributed by atoms with van der Waals surface area (Å²) in [5.41, 5.74) is 1.37. The number of aliphatic imine (C=N–C) groups is 1. The van der Waals surface area contributed by atoms with Gasteiger partial charge in [-0.1, -0.05) is 30.3 Å². The molecule has 1 aromatic carbocycles. The minimum absolute atomic E-state index is 0. The molecule has 2 aliphatic rings. The van der Waals surface area contributed by atoms with Crippen molar-refractivity contribution in [2.75, 3.05) is 26.7 Å². The molecule has 8 heteroatoms. The van der Waals surface area contributed by atoms with Gasteiger partial charge in [-0.3, -0.25) is 9.89 Å². The highest BCUT2D eigenvalue weighted by Gasteiger charge is 2.33. The van der Waals surface area contributed by atoms with E-state index in [-0.39, 0.29) is 36.1 Å². The third-order valence-electron chi connectivity index (χ3n) is 6.07. The average Bonchev–Trinajstić information content (AvgIpc) is 3.58. The van der Waals surface area contributed by atoms with Crippen LogP contribution in [0.4, 0.5) is 4.79 Å². The number of hydrogen-bond donors (Lipinski definition) is 3. The summed E-state index contributed by atoms with van der Waals surface area (Å²) in [6.07, 6.45) is 4.15. The number of alkyl carbamates (subject to hydrolysis) is 1. The highest BCUT2D eigenvalue weighted by molar-refractivity contribution is 14.0. The fourth-order valence-electron chi connectivity index (χ4n) is 4.16. The number of amides is 1. The first-order valence-corrected chi connectivity index (χ1v) is 11.3. The number of halogens is 1. The number of guanidine groups is 1. The van der Waals surface area contributed by atoms with Gasteiger partial charge in [-0.15, -0.1) is 24.0 Å². The van der Waals surface area contributed by atoms with Gasteiger partial charge in [0.2, 0.25) is 0 Å². The summed E-state index contributed by atoms with van der Waals surface area (Å²) in [6.45, 7) is 7.25. The summed E-state index contributed by atoms with van der Waals surface area (Å²) < 4.78 is 5.04. The lowest BCUT2D eigenvalue weighted by Crippen LogP contribution is -2.53. The molecule has 3 rings (SSSR count). The van der Waals surface area contributed by atoms with Crippen molar-refractivity contribution >= 4 is 36.0 Å². The fourth-order valence-corrected chi connectivity index (χ4v) is 4.16. The molecule has 2 fully saturated rings. The van der Waals surface area contributed by atoms with Crippen molar-refractivity contribution < 1.29 is 9.53 Å². The van der Waals surface area contributed by atoms with Crippen molar-refractivity contribution in [3.05, 3.63) is 35.9 Å². The summed E-state index contributed by atoms with van der Waals surface area (Å²) >= 11 is 0. The van der Waals surface area contributed by atoms with E-state index in [4.69, 9.17) is 4.74 Å². The molecule has 0 spiro atoms. The monoisotopic (exact) mass is 543 g/mol. The van der Waals surface area contributed by atoms with E-state index in [9.17, 15) is 4.79 Å². The third kappa shape index (κ3) is 8.48. The highest BCUT2D eigenvalue weighted by atomic mass is 127. The predicted octanol–water partition coefficient (Wildman–Crippen LogP) is 3.35. The molecule has 1 aromatic rings. The molecule has 174 valence electrons. The Balaban J connectivity index is 0.00000341. The topological polar surface area (TPSA) is 78.0 Å². The van der Waals surface area contributed by atoms with Crippen LogP contribution in [0.1, 0.15) is 45.1 Å². The van der Waals surface area contributed by atoms with Gasteiger partial charge in [-0.2, -0.15) is 0 Å². The van der Waals surface area contributed by atoms with Crippen LogP contribution < -0.4 is 16.0 Å². The number of carbonyl (C=O) groups excluding carboxylic acids is 1. The molecule has 3 unspecified atom stereocenters. The van der Waals surface area contributed by atoms with Gasteiger partial charge in [0.1, 0.15) is 0 Å². The molecule has 7 nitrogen and oxygen atoms in total. The van der Waals surface area contributed by atoms with Gasteiger partial charge in [0.15, 0.2) is 5.96 Å². The van der Waals surface area contributed by atoms with E-state index in [0.29, 0.717) is 31.2 Å². The molecule has 1 saturated heterocycles. The van der Waals surface area contributed by atoms with Gasteiger partial charge in [0.05, 0.1) is 12.6 Å². The number of nitrogens with one attached hydrogen (secondary N) is 3. The van der Waals surface area contributed by atoms with Crippen molar-refractivity contribution in [3.8, 4) is 0 Å². The maximum absolute atomic E-state index is 11.8. The van der Waals surface area contributed by atoms with Gasteiger partial charge in [0, 0.05) is 38.8 Å². The molecule has 1 amide bonds. The smallest absolute Gasteiger partial charge is 0.407 e. The van der Waals surface area contributed by atoms with E-state index in [1.54, 1.807) is 7.05 Å². The Hall–Kier alpha value is -1.55. The molecule has 0 bridgehead atoms. The number of piperidine rings is 1. The summed E-state index contributed by atoms with van der Waals surface area (Å²) in [6, 6.07) is 11.7. The fraction of sp³-hybridized carbons (Fsp3) is 0.652. The zero-order valence-corrected chi connectivity index (χ0v) is 21.3. The third-order valence-corrected chi connectivity index (χ3v) is 6.07. The van der Waals surface area contributed by atoms with Crippen LogP contribution in [-0.4, -0.2) is 61.8 Å². The number of carbonyl (C=O) groups is 1. The summed E-state index contributed by atoms with van der Waals surface area (Å²) in [7, 11) is 1.80. The minimum atomic E-state index is -0.334. The Labute approximate surface area is 203 Å². The molecular formula is C23H38IN5O2. The average molecular weight is 543 g/mol. The number of ether oxygens (including phenoxy) is 1. The van der Waals surface area contributed by atoms with E-state index < -0.39 is 0 Å². The number of hydrogen-bond acceptors (Lipinski definition) is 4. The van der Waals surface area contributed by atoms with Crippen molar-refractivity contribution in [2.45, 2.75) is 64.2 Å². The lowest BCUT2D eigenvalue weighted by Gasteiger charge is -2.38. The molecule has 1 aliphatic heterocycles. The minimum Gasteiger partial charge on any atom is -0.450 e. The molecule has 0 radical (unpaired) electrons. The molecule has 3 atom stereocenters. The van der Waals surface area contributed by atoms with E-state index >= 15 is 0 Å². The summed E-state index contributed by atoms with van der Waals surface area (Å²) in [5.74, 6) is 1.33. The van der Waals surface area contributed by atoms with E-state index in [0.717, 1.165) is 44.7 Å². The first kappa shape index (κ1) is 25.7. The summed E-state index contributed by atoms with van der Waals surface area (Å²) in [5, 5.41) is 9.97. The Bertz CT molecular complexity index is 698. The maximum Gasteiger partial charge on any atom is 0.407 e. The van der Waals surface area contributed by atoms with Crippen molar-refractivity contribution in [1.29, 1.82) is 0 Å². The molecule has 1 heterocycles. The van der Waals surface area contributed by atoms with E-state index in [1.165, 1.54) is 5.56 Å². The Kier molecular flexibility index (Phi) is 10.9. The van der Waals surface area contributed by atoms with Crippen LogP contribution in [0, 0.1) is 5.92 Å².